The Kier molecular flexibility index (Phi) is 2.56. The minimum absolute atomic E-state index is 0.0663. The Bertz CT molecular complexity index is 739. The molecule has 0 aromatic heterocycles. The number of hydrogen-bond acceptors (Lipinski definition) is 2. The highest BCUT2D eigenvalue weighted by Crippen LogP contribution is 2.62. The highest BCUT2D eigenvalue weighted by molar-refractivity contribution is 5.83. The quantitative estimate of drug-likeness (QED) is 0.672. The van der Waals surface area contributed by atoms with E-state index in [9.17, 15) is 4.79 Å². The molecule has 2 fully saturated rings. The molecule has 5 atom stereocenters. The lowest BCUT2D eigenvalue weighted by Crippen LogP contribution is -2.63. The molecule has 2 saturated heterocycles. The number of fused-ring (bicyclic) bond motifs is 2. The summed E-state index contributed by atoms with van der Waals surface area (Å²) in [6.45, 7) is 4.76. The third-order valence-electron chi connectivity index (χ3n) is 7.49. The first kappa shape index (κ1) is 13.8. The minimum atomic E-state index is 0.0663. The molecule has 0 radical (unpaired) electrons. The topological polar surface area (TPSA) is 29.1 Å². The van der Waals surface area contributed by atoms with Crippen LogP contribution >= 0.6 is 0 Å². The molecule has 1 aromatic rings. The summed E-state index contributed by atoms with van der Waals surface area (Å²) in [5.41, 5.74) is 5.08. The second kappa shape index (κ2) is 4.27. The van der Waals surface area contributed by atoms with Crippen molar-refractivity contribution in [2.24, 2.45) is 11.8 Å². The molecule has 3 nitrogen and oxygen atoms in total. The molecule has 3 heterocycles. The normalized spacial score (nSPS) is 43.0. The average Bonchev–Trinajstić information content (AvgIpc) is 3.08. The number of quaternary nitrogens is 1. The van der Waals surface area contributed by atoms with Gasteiger partial charge in [0.2, 0.25) is 0 Å². The molecule has 5 unspecified atom stereocenters. The maximum atomic E-state index is 12.1. The van der Waals surface area contributed by atoms with Gasteiger partial charge in [-0.1, -0.05) is 25.1 Å². The highest BCUT2D eigenvalue weighted by atomic mass is 16.1. The molecule has 3 heteroatoms. The summed E-state index contributed by atoms with van der Waals surface area (Å²) in [6, 6.07) is 9.36. The van der Waals surface area contributed by atoms with Crippen LogP contribution in [-0.4, -0.2) is 36.9 Å². The number of benzene rings is 1. The monoisotopic (exact) mass is 309 g/mol. The molecule has 1 spiro atoms. The van der Waals surface area contributed by atoms with Gasteiger partial charge in [-0.2, -0.15) is 0 Å². The third-order valence-corrected chi connectivity index (χ3v) is 7.49. The van der Waals surface area contributed by atoms with E-state index in [1.54, 1.807) is 0 Å². The van der Waals surface area contributed by atoms with Crippen LogP contribution in [0.3, 0.4) is 0 Å². The lowest BCUT2D eigenvalue weighted by Gasteiger charge is -2.53. The average molecular weight is 309 g/mol. The van der Waals surface area contributed by atoms with Gasteiger partial charge in [0.25, 0.3) is 0 Å². The second-order valence-electron chi connectivity index (χ2n) is 8.25. The molecule has 0 saturated carbocycles. The van der Waals surface area contributed by atoms with Crippen LogP contribution in [-0.2, 0) is 10.2 Å². The zero-order chi connectivity index (χ0) is 15.8. The van der Waals surface area contributed by atoms with Crippen LogP contribution in [0.15, 0.2) is 35.5 Å². The standard InChI is InChI=1S/C20H24N2O/c1-3-13-11-22(2)9-8-20-16-6-4-5-7-17(16)21-19(20)15(12-23)14(13)10-18(20)22/h4-7,12-14,18H,3,8-11H2,1-2H3/p+1. The van der Waals surface area contributed by atoms with Gasteiger partial charge in [0.15, 0.2) is 0 Å². The van der Waals surface area contributed by atoms with Crippen LogP contribution in [0.5, 0.6) is 0 Å². The fourth-order valence-electron chi connectivity index (χ4n) is 6.48. The van der Waals surface area contributed by atoms with Gasteiger partial charge in [-0.3, -0.25) is 4.79 Å². The summed E-state index contributed by atoms with van der Waals surface area (Å²) in [4.78, 5) is 12.1. The number of carbonyl (C=O) groups is 1. The van der Waals surface area contributed by atoms with Gasteiger partial charge in [0, 0.05) is 41.6 Å². The molecule has 120 valence electrons. The predicted octanol–water partition coefficient (Wildman–Crippen LogP) is 3.08. The lowest BCUT2D eigenvalue weighted by molar-refractivity contribution is -0.933. The molecule has 0 amide bonds. The van der Waals surface area contributed by atoms with Crippen molar-refractivity contribution in [2.45, 2.75) is 37.6 Å². The van der Waals surface area contributed by atoms with Gasteiger partial charge < -0.3 is 9.80 Å². The molecule has 23 heavy (non-hydrogen) atoms. The number of nitrogens with one attached hydrogen (secondary N) is 1. The van der Waals surface area contributed by atoms with Crippen molar-refractivity contribution in [3.8, 4) is 0 Å². The molecule has 1 aliphatic carbocycles. The summed E-state index contributed by atoms with van der Waals surface area (Å²) in [6.07, 6.45) is 4.71. The van der Waals surface area contributed by atoms with E-state index in [1.165, 1.54) is 60.1 Å². The largest absolute Gasteiger partial charge is 0.357 e. The maximum absolute atomic E-state index is 12.1. The van der Waals surface area contributed by atoms with Gasteiger partial charge in [0.1, 0.15) is 12.3 Å². The number of piperidine rings is 1. The fourth-order valence-corrected chi connectivity index (χ4v) is 6.48. The number of allylic oxidation sites excluding steroid dienone is 1. The Labute approximate surface area is 138 Å². The smallest absolute Gasteiger partial charge is 0.148 e. The summed E-state index contributed by atoms with van der Waals surface area (Å²) in [5.74, 6) is 1.10. The van der Waals surface area contributed by atoms with E-state index in [4.69, 9.17) is 0 Å². The Morgan fingerprint density at radius 2 is 2.22 bits per heavy atom. The predicted molar refractivity (Wildman–Crippen MR) is 91.0 cm³/mol. The van der Waals surface area contributed by atoms with Gasteiger partial charge in [0.05, 0.1) is 25.6 Å². The van der Waals surface area contributed by atoms with E-state index in [2.05, 4.69) is 43.6 Å². The lowest BCUT2D eigenvalue weighted by atomic mass is 9.60. The van der Waals surface area contributed by atoms with E-state index in [-0.39, 0.29) is 5.41 Å². The first-order chi connectivity index (χ1) is 11.1. The van der Waals surface area contributed by atoms with Crippen molar-refractivity contribution in [3.05, 3.63) is 41.1 Å². The van der Waals surface area contributed by atoms with Crippen molar-refractivity contribution in [1.29, 1.82) is 0 Å². The highest BCUT2D eigenvalue weighted by Gasteiger charge is 2.67. The molecule has 1 N–H and O–H groups in total. The van der Waals surface area contributed by atoms with Crippen molar-refractivity contribution >= 4 is 12.0 Å². The molecule has 1 aromatic carbocycles. The Morgan fingerprint density at radius 3 is 3.00 bits per heavy atom. The Balaban J connectivity index is 1.81. The summed E-state index contributed by atoms with van der Waals surface area (Å²) >= 11 is 0. The number of anilines is 1. The molecule has 4 aliphatic rings. The second-order valence-corrected chi connectivity index (χ2v) is 8.25. The van der Waals surface area contributed by atoms with Gasteiger partial charge in [-0.05, 0) is 18.1 Å². The third kappa shape index (κ3) is 1.43. The van der Waals surface area contributed by atoms with Crippen LogP contribution in [0.4, 0.5) is 5.69 Å². The van der Waals surface area contributed by atoms with Crippen molar-refractivity contribution in [2.75, 3.05) is 25.5 Å². The van der Waals surface area contributed by atoms with Crippen LogP contribution in [0, 0.1) is 11.8 Å². The Morgan fingerprint density at radius 1 is 1.39 bits per heavy atom. The van der Waals surface area contributed by atoms with E-state index in [0.717, 1.165) is 5.57 Å². The zero-order valence-electron chi connectivity index (χ0n) is 14.0. The first-order valence-corrected chi connectivity index (χ1v) is 9.04. The summed E-state index contributed by atoms with van der Waals surface area (Å²) in [5, 5.41) is 3.68. The van der Waals surface area contributed by atoms with Crippen molar-refractivity contribution in [3.63, 3.8) is 0 Å². The van der Waals surface area contributed by atoms with Crippen LogP contribution in [0.2, 0.25) is 0 Å². The molecule has 5 rings (SSSR count). The zero-order valence-corrected chi connectivity index (χ0v) is 14.0. The number of likely N-dealkylation sites (N-methyl/N-ethyl adjacent to an activating group) is 1. The van der Waals surface area contributed by atoms with E-state index >= 15 is 0 Å². The molecule has 3 aliphatic heterocycles. The molecule has 2 bridgehead atoms. The van der Waals surface area contributed by atoms with E-state index < -0.39 is 0 Å². The van der Waals surface area contributed by atoms with Crippen LogP contribution in [0.1, 0.15) is 31.7 Å². The SMILES string of the molecule is CCC1C[N+]2(C)CCC34C(=C(C=O)C1CC32)Nc1ccccc14. The number of nitrogens with zero attached hydrogens (tertiary/aromatic N) is 1. The molecular weight excluding hydrogens is 284 g/mol. The van der Waals surface area contributed by atoms with Gasteiger partial charge >= 0.3 is 0 Å². The summed E-state index contributed by atoms with van der Waals surface area (Å²) < 4.78 is 1.20. The Hall–Kier alpha value is -1.61. The number of hydrogen-bond donors (Lipinski definition) is 1. The summed E-state index contributed by atoms with van der Waals surface area (Å²) in [7, 11) is 2.46. The first-order valence-electron chi connectivity index (χ1n) is 9.04. The van der Waals surface area contributed by atoms with Crippen LogP contribution < -0.4 is 5.32 Å². The number of carbonyl (C=O) groups excluding carboxylic acids is 1. The maximum Gasteiger partial charge on any atom is 0.148 e. The van der Waals surface area contributed by atoms with Gasteiger partial charge in [-0.15, -0.1) is 0 Å². The fraction of sp³-hybridized carbons (Fsp3) is 0.550. The number of rotatable bonds is 2. The van der Waals surface area contributed by atoms with Crippen molar-refractivity contribution in [1.82, 2.24) is 0 Å². The minimum Gasteiger partial charge on any atom is -0.357 e. The number of para-hydroxylation sites is 1. The molecular formula is C20H25N2O+. The van der Waals surface area contributed by atoms with Crippen LogP contribution in [0.25, 0.3) is 0 Å². The van der Waals surface area contributed by atoms with E-state index in [0.29, 0.717) is 17.9 Å². The number of aldehydes is 1. The van der Waals surface area contributed by atoms with Crippen molar-refractivity contribution < 1.29 is 9.28 Å². The van der Waals surface area contributed by atoms with E-state index in [1.807, 2.05) is 0 Å². The van der Waals surface area contributed by atoms with Gasteiger partial charge in [-0.25, -0.2) is 0 Å².